The number of carbonyl (C=O) groups excluding carboxylic acids is 1. The number of pyridine rings is 1. The fourth-order valence-electron chi connectivity index (χ4n) is 4.70. The molecule has 12 nitrogen and oxygen atoms in total. The third-order valence-electron chi connectivity index (χ3n) is 6.90. The van der Waals surface area contributed by atoms with Crippen molar-refractivity contribution in [2.75, 3.05) is 14.2 Å². The Labute approximate surface area is 274 Å². The molecule has 0 radical (unpaired) electrons. The minimum atomic E-state index is -6.09. The summed E-state index contributed by atoms with van der Waals surface area (Å²) in [6.45, 7) is 2.42. The van der Waals surface area contributed by atoms with E-state index in [0.717, 1.165) is 36.9 Å². The van der Waals surface area contributed by atoms with Gasteiger partial charge in [-0.25, -0.2) is 13.4 Å². The second kappa shape index (κ2) is 13.8. The standard InChI is InChI=1S/C30H24N6O3S.CHF3O3S/c1-18-6-11-26-23(13-18)24-14-21(38-2)15-25(39-3)27(24)40(26)30-22(5-4-12-31-30)29(37)32-16-19-7-9-20(10-8-19)28-35-33-17-34-36-28;2-1(3,4)8(5,6)7/h4-15,17H,16H2,1-3H3;(H,5,6,7). The molecule has 0 aliphatic heterocycles. The van der Waals surface area contributed by atoms with Crippen molar-refractivity contribution in [3.63, 3.8) is 0 Å². The molecule has 3 heterocycles. The monoisotopic (exact) mass is 698 g/mol. The summed E-state index contributed by atoms with van der Waals surface area (Å²) >= 11 is 0. The predicted molar refractivity (Wildman–Crippen MR) is 171 cm³/mol. The van der Waals surface area contributed by atoms with E-state index in [-0.39, 0.29) is 5.91 Å². The fourth-order valence-corrected chi connectivity index (χ4v) is 7.19. The van der Waals surface area contributed by atoms with E-state index in [1.165, 1.54) is 6.33 Å². The molecule has 0 saturated heterocycles. The van der Waals surface area contributed by atoms with Crippen LogP contribution in [0, 0.1) is 6.92 Å². The lowest BCUT2D eigenvalue weighted by Crippen LogP contribution is -2.23. The molecule has 3 aromatic heterocycles. The molecule has 6 rings (SSSR count). The Bertz CT molecular complexity index is 2210. The van der Waals surface area contributed by atoms with Crippen LogP contribution in [0.1, 0.15) is 21.5 Å². The van der Waals surface area contributed by atoms with Gasteiger partial charge in [-0.2, -0.15) is 13.2 Å². The van der Waals surface area contributed by atoms with Crippen LogP contribution in [0.3, 0.4) is 0 Å². The summed E-state index contributed by atoms with van der Waals surface area (Å²) in [4.78, 5) is 18.3. The molecule has 6 aromatic rings. The molecule has 48 heavy (non-hydrogen) atoms. The Balaban J connectivity index is 0.000000503. The SMILES string of the molecule is COc1cc(OC)c2c(c1)c1cc(C)ccc1[s+]2-c1ncccc1C(=O)NCc1ccc(-c2nncnn2)cc1.O=S(=O)([O-])C(F)(F)F. The van der Waals surface area contributed by atoms with Crippen LogP contribution in [-0.4, -0.2) is 64.0 Å². The first-order chi connectivity index (χ1) is 22.8. The zero-order valence-corrected chi connectivity index (χ0v) is 27.0. The average molecular weight is 699 g/mol. The molecular formula is C31H25F3N6O6S2. The van der Waals surface area contributed by atoms with Gasteiger partial charge in [0, 0.05) is 29.8 Å². The number of nitrogens with zero attached hydrogens (tertiary/aromatic N) is 5. The molecule has 17 heteroatoms. The van der Waals surface area contributed by atoms with Crippen LogP contribution in [0.25, 0.3) is 36.6 Å². The van der Waals surface area contributed by atoms with E-state index in [0.29, 0.717) is 34.5 Å². The summed E-state index contributed by atoms with van der Waals surface area (Å²) in [5.41, 5.74) is -2.25. The number of amides is 1. The molecule has 0 aliphatic carbocycles. The van der Waals surface area contributed by atoms with Gasteiger partial charge in [-0.3, -0.25) is 4.79 Å². The fraction of sp³-hybridized carbons (Fsp3) is 0.161. The summed E-state index contributed by atoms with van der Waals surface area (Å²) in [6.07, 6.45) is 3.02. The summed E-state index contributed by atoms with van der Waals surface area (Å²) in [6, 6.07) is 21.5. The first kappa shape index (κ1) is 34.1. The van der Waals surface area contributed by atoms with Crippen molar-refractivity contribution in [2.45, 2.75) is 19.0 Å². The Morgan fingerprint density at radius 2 is 1.65 bits per heavy atom. The Kier molecular flexibility index (Phi) is 9.83. The number of aryl methyl sites for hydroxylation is 1. The normalized spacial score (nSPS) is 11.9. The number of benzene rings is 3. The second-order valence-corrected chi connectivity index (χ2v) is 13.2. The predicted octanol–water partition coefficient (Wildman–Crippen LogP) is 5.68. The highest BCUT2D eigenvalue weighted by Gasteiger charge is 2.37. The summed E-state index contributed by atoms with van der Waals surface area (Å²) in [7, 11) is -3.45. The topological polar surface area (TPSA) is 169 Å². The maximum absolute atomic E-state index is 13.6. The van der Waals surface area contributed by atoms with Gasteiger partial charge >= 0.3 is 5.51 Å². The highest BCUT2D eigenvalue weighted by Crippen LogP contribution is 2.53. The summed E-state index contributed by atoms with van der Waals surface area (Å²) in [5.74, 6) is 1.66. The number of hydrogen-bond donors (Lipinski definition) is 1. The van der Waals surface area contributed by atoms with Crippen molar-refractivity contribution < 1.29 is 40.4 Å². The van der Waals surface area contributed by atoms with Crippen LogP contribution in [-0.2, 0) is 16.7 Å². The number of carbonyl (C=O) groups is 1. The van der Waals surface area contributed by atoms with E-state index in [9.17, 15) is 18.0 Å². The molecule has 248 valence electrons. The highest BCUT2D eigenvalue weighted by molar-refractivity contribution is 7.86. The lowest BCUT2D eigenvalue weighted by atomic mass is 10.1. The Morgan fingerprint density at radius 1 is 0.958 bits per heavy atom. The molecule has 0 fully saturated rings. The molecule has 0 bridgehead atoms. The van der Waals surface area contributed by atoms with Crippen LogP contribution in [0.4, 0.5) is 13.2 Å². The van der Waals surface area contributed by atoms with Crippen LogP contribution >= 0.6 is 10.5 Å². The van der Waals surface area contributed by atoms with Crippen LogP contribution in [0.5, 0.6) is 11.5 Å². The first-order valence-electron chi connectivity index (χ1n) is 13.8. The zero-order valence-electron chi connectivity index (χ0n) is 25.3. The maximum Gasteiger partial charge on any atom is 0.485 e. The number of ether oxygens (including phenoxy) is 2. The van der Waals surface area contributed by atoms with Crippen molar-refractivity contribution in [1.82, 2.24) is 30.7 Å². The minimum Gasteiger partial charge on any atom is -0.741 e. The van der Waals surface area contributed by atoms with Gasteiger partial charge < -0.3 is 19.3 Å². The number of fused-ring (bicyclic) bond motifs is 3. The van der Waals surface area contributed by atoms with Gasteiger partial charge in [0.15, 0.2) is 26.9 Å². The first-order valence-corrected chi connectivity index (χ1v) is 16.4. The van der Waals surface area contributed by atoms with Gasteiger partial charge in [0.25, 0.3) is 10.9 Å². The molecular weight excluding hydrogens is 674 g/mol. The molecule has 1 atom stereocenters. The number of thiophene rings is 1. The van der Waals surface area contributed by atoms with E-state index >= 15 is 0 Å². The Morgan fingerprint density at radius 3 is 2.27 bits per heavy atom. The molecule has 1 amide bonds. The smallest absolute Gasteiger partial charge is 0.485 e. The van der Waals surface area contributed by atoms with E-state index in [2.05, 4.69) is 50.8 Å². The molecule has 0 saturated carbocycles. The van der Waals surface area contributed by atoms with Crippen molar-refractivity contribution >= 4 is 46.7 Å². The number of hydrogen-bond acceptors (Lipinski definition) is 11. The molecule has 3 aromatic carbocycles. The van der Waals surface area contributed by atoms with Gasteiger partial charge in [-0.05, 0) is 42.8 Å². The lowest BCUT2D eigenvalue weighted by Gasteiger charge is -2.08. The number of aromatic nitrogens is 5. The molecule has 0 aliphatic rings. The van der Waals surface area contributed by atoms with Gasteiger partial charge in [0.1, 0.15) is 11.3 Å². The number of halogens is 3. The molecule has 0 spiro atoms. The lowest BCUT2D eigenvalue weighted by molar-refractivity contribution is -0.0517. The van der Waals surface area contributed by atoms with Crippen molar-refractivity contribution in [3.8, 4) is 27.9 Å². The average Bonchev–Trinajstić information content (AvgIpc) is 3.40. The van der Waals surface area contributed by atoms with Crippen LogP contribution in [0.2, 0.25) is 0 Å². The summed E-state index contributed by atoms with van der Waals surface area (Å²) < 4.78 is 72.4. The van der Waals surface area contributed by atoms with Gasteiger partial charge in [-0.1, -0.05) is 35.9 Å². The maximum atomic E-state index is 13.6. The largest absolute Gasteiger partial charge is 0.741 e. The Hall–Kier alpha value is -5.26. The van der Waals surface area contributed by atoms with E-state index in [1.807, 2.05) is 42.5 Å². The van der Waals surface area contributed by atoms with Crippen LogP contribution < -0.4 is 14.8 Å². The number of nitrogens with one attached hydrogen (secondary N) is 1. The quantitative estimate of drug-likeness (QED) is 0.124. The van der Waals surface area contributed by atoms with E-state index in [4.69, 9.17) is 27.4 Å². The van der Waals surface area contributed by atoms with Crippen molar-refractivity contribution in [3.05, 3.63) is 95.9 Å². The van der Waals surface area contributed by atoms with E-state index < -0.39 is 26.1 Å². The molecule has 1 unspecified atom stereocenters. The third kappa shape index (κ3) is 7.17. The van der Waals surface area contributed by atoms with Crippen molar-refractivity contribution in [2.24, 2.45) is 0 Å². The van der Waals surface area contributed by atoms with Crippen LogP contribution in [0.15, 0.2) is 79.3 Å². The van der Waals surface area contributed by atoms with Gasteiger partial charge in [0.2, 0.25) is 10.5 Å². The van der Waals surface area contributed by atoms with Gasteiger partial charge in [-0.15, -0.1) is 20.4 Å². The van der Waals surface area contributed by atoms with Crippen molar-refractivity contribution in [1.29, 1.82) is 0 Å². The number of alkyl halides is 3. The summed E-state index contributed by atoms with van der Waals surface area (Å²) in [5, 5.41) is 21.4. The number of methoxy groups -OCH3 is 2. The zero-order chi connectivity index (χ0) is 34.6. The second-order valence-electron chi connectivity index (χ2n) is 10.0. The van der Waals surface area contributed by atoms with E-state index in [1.54, 1.807) is 26.5 Å². The van der Waals surface area contributed by atoms with Gasteiger partial charge in [0.05, 0.1) is 30.1 Å². The third-order valence-corrected chi connectivity index (χ3v) is 9.80. The highest BCUT2D eigenvalue weighted by atomic mass is 32.2. The minimum absolute atomic E-state index is 0.200. The molecule has 1 N–H and O–H groups in total. The number of rotatable bonds is 7.